The van der Waals surface area contributed by atoms with Crippen LogP contribution in [0.3, 0.4) is 0 Å². The van der Waals surface area contributed by atoms with Crippen molar-refractivity contribution in [2.75, 3.05) is 39.4 Å². The fourth-order valence-corrected chi connectivity index (χ4v) is 3.37. The van der Waals surface area contributed by atoms with Gasteiger partial charge < -0.3 is 10.1 Å². The molecule has 3 rings (SSSR count). The Hall–Kier alpha value is -0.900. The monoisotopic (exact) mass is 274 g/mol. The van der Waals surface area contributed by atoms with Crippen LogP contribution in [0.25, 0.3) is 0 Å². The number of nitrogens with one attached hydrogen (secondary N) is 1. The second-order valence-electron chi connectivity index (χ2n) is 6.03. The van der Waals surface area contributed by atoms with Gasteiger partial charge in [0.15, 0.2) is 0 Å². The molecule has 2 aliphatic rings. The molecule has 0 radical (unpaired) electrons. The number of hydrogen-bond donors (Lipinski definition) is 1. The summed E-state index contributed by atoms with van der Waals surface area (Å²) in [7, 11) is 0. The van der Waals surface area contributed by atoms with Crippen LogP contribution in [0.1, 0.15) is 30.4 Å². The molecule has 1 N–H and O–H groups in total. The van der Waals surface area contributed by atoms with Crippen molar-refractivity contribution in [3.8, 4) is 0 Å². The molecule has 0 aromatic heterocycles. The molecule has 20 heavy (non-hydrogen) atoms. The zero-order chi connectivity index (χ0) is 13.8. The maximum atomic E-state index is 5.66. The Labute approximate surface area is 122 Å². The number of rotatable bonds is 6. The van der Waals surface area contributed by atoms with Crippen LogP contribution in [0.4, 0.5) is 0 Å². The van der Waals surface area contributed by atoms with Crippen LogP contribution in [-0.4, -0.2) is 50.3 Å². The highest BCUT2D eigenvalue weighted by molar-refractivity contribution is 5.40. The standard InChI is InChI=1S/C17H26N2O/c1-2-7-18-11-16-13-20-9-8-19(16)12-15-10-14-5-3-4-6-17(14)15/h3-6,15-16,18H,2,7-13H2,1H3. The van der Waals surface area contributed by atoms with Gasteiger partial charge in [0.05, 0.1) is 13.2 Å². The van der Waals surface area contributed by atoms with Crippen LogP contribution >= 0.6 is 0 Å². The molecule has 1 fully saturated rings. The topological polar surface area (TPSA) is 24.5 Å². The predicted octanol–water partition coefficient (Wildman–Crippen LogP) is 2.03. The number of morpholine rings is 1. The van der Waals surface area contributed by atoms with E-state index in [2.05, 4.69) is 41.4 Å². The molecule has 3 nitrogen and oxygen atoms in total. The van der Waals surface area contributed by atoms with Crippen LogP contribution in [-0.2, 0) is 11.2 Å². The second-order valence-corrected chi connectivity index (χ2v) is 6.03. The summed E-state index contributed by atoms with van der Waals surface area (Å²) in [6, 6.07) is 9.44. The van der Waals surface area contributed by atoms with Crippen molar-refractivity contribution in [2.45, 2.75) is 31.7 Å². The van der Waals surface area contributed by atoms with Crippen molar-refractivity contribution < 1.29 is 4.74 Å². The quantitative estimate of drug-likeness (QED) is 0.803. The van der Waals surface area contributed by atoms with Gasteiger partial charge in [-0.1, -0.05) is 31.2 Å². The molecule has 1 aromatic rings. The summed E-state index contributed by atoms with van der Waals surface area (Å²) in [6.07, 6.45) is 2.45. The van der Waals surface area contributed by atoms with Gasteiger partial charge in [-0.05, 0) is 30.5 Å². The van der Waals surface area contributed by atoms with Gasteiger partial charge in [0.1, 0.15) is 0 Å². The van der Waals surface area contributed by atoms with E-state index in [0.29, 0.717) is 6.04 Å². The predicted molar refractivity (Wildman–Crippen MR) is 82.2 cm³/mol. The number of fused-ring (bicyclic) bond motifs is 1. The summed E-state index contributed by atoms with van der Waals surface area (Å²) in [4.78, 5) is 2.63. The molecule has 0 saturated carbocycles. The van der Waals surface area contributed by atoms with Crippen molar-refractivity contribution in [1.29, 1.82) is 0 Å². The Morgan fingerprint density at radius 1 is 1.35 bits per heavy atom. The van der Waals surface area contributed by atoms with Gasteiger partial charge in [-0.25, -0.2) is 0 Å². The summed E-state index contributed by atoms with van der Waals surface area (Å²) in [6.45, 7) is 8.42. The molecule has 1 saturated heterocycles. The minimum atomic E-state index is 0.545. The minimum Gasteiger partial charge on any atom is -0.378 e. The zero-order valence-electron chi connectivity index (χ0n) is 12.5. The van der Waals surface area contributed by atoms with E-state index in [4.69, 9.17) is 4.74 Å². The van der Waals surface area contributed by atoms with E-state index in [1.54, 1.807) is 11.1 Å². The average Bonchev–Trinajstić information content (AvgIpc) is 2.46. The number of benzene rings is 1. The molecule has 110 valence electrons. The van der Waals surface area contributed by atoms with Crippen molar-refractivity contribution >= 4 is 0 Å². The third-order valence-electron chi connectivity index (χ3n) is 4.57. The van der Waals surface area contributed by atoms with Crippen molar-refractivity contribution in [2.24, 2.45) is 0 Å². The molecule has 0 spiro atoms. The van der Waals surface area contributed by atoms with Gasteiger partial charge in [0, 0.05) is 31.6 Å². The molecule has 2 unspecified atom stereocenters. The van der Waals surface area contributed by atoms with E-state index >= 15 is 0 Å². The average molecular weight is 274 g/mol. The maximum Gasteiger partial charge on any atom is 0.0634 e. The number of nitrogens with zero attached hydrogens (tertiary/aromatic N) is 1. The summed E-state index contributed by atoms with van der Waals surface area (Å²) in [5.41, 5.74) is 3.12. The smallest absolute Gasteiger partial charge is 0.0634 e. The number of hydrogen-bond acceptors (Lipinski definition) is 3. The van der Waals surface area contributed by atoms with Crippen molar-refractivity contribution in [3.63, 3.8) is 0 Å². The normalized spacial score (nSPS) is 26.1. The van der Waals surface area contributed by atoms with E-state index in [0.717, 1.165) is 38.8 Å². The molecule has 0 bridgehead atoms. The van der Waals surface area contributed by atoms with Crippen LogP contribution in [0, 0.1) is 0 Å². The first-order valence-electron chi connectivity index (χ1n) is 7.98. The lowest BCUT2D eigenvalue weighted by molar-refractivity contribution is -0.0103. The Kier molecular flexibility index (Phi) is 4.71. The lowest BCUT2D eigenvalue weighted by atomic mass is 9.77. The summed E-state index contributed by atoms with van der Waals surface area (Å²) >= 11 is 0. The fourth-order valence-electron chi connectivity index (χ4n) is 3.37. The van der Waals surface area contributed by atoms with Crippen molar-refractivity contribution in [3.05, 3.63) is 35.4 Å². The van der Waals surface area contributed by atoms with Gasteiger partial charge in [-0.2, -0.15) is 0 Å². The molecular weight excluding hydrogens is 248 g/mol. The van der Waals surface area contributed by atoms with E-state index in [-0.39, 0.29) is 0 Å². The SMILES string of the molecule is CCCNCC1COCCN1CC1Cc2ccccc21. The second kappa shape index (κ2) is 6.70. The van der Waals surface area contributed by atoms with Gasteiger partial charge in [0.25, 0.3) is 0 Å². The summed E-state index contributed by atoms with van der Waals surface area (Å²) in [5, 5.41) is 3.54. The van der Waals surface area contributed by atoms with Crippen LogP contribution < -0.4 is 5.32 Å². The number of ether oxygens (including phenoxy) is 1. The Morgan fingerprint density at radius 3 is 3.10 bits per heavy atom. The third kappa shape index (κ3) is 3.05. The summed E-state index contributed by atoms with van der Waals surface area (Å²) in [5.74, 6) is 0.734. The van der Waals surface area contributed by atoms with Gasteiger partial charge in [-0.15, -0.1) is 0 Å². The van der Waals surface area contributed by atoms with Crippen LogP contribution in [0.5, 0.6) is 0 Å². The lowest BCUT2D eigenvalue weighted by Crippen LogP contribution is -2.52. The first-order chi connectivity index (χ1) is 9.88. The molecule has 2 atom stereocenters. The highest BCUT2D eigenvalue weighted by Crippen LogP contribution is 2.35. The Balaban J connectivity index is 1.55. The maximum absolute atomic E-state index is 5.66. The van der Waals surface area contributed by atoms with Crippen LogP contribution in [0.2, 0.25) is 0 Å². The molecular formula is C17H26N2O. The largest absolute Gasteiger partial charge is 0.378 e. The minimum absolute atomic E-state index is 0.545. The van der Waals surface area contributed by atoms with Crippen LogP contribution in [0.15, 0.2) is 24.3 Å². The van der Waals surface area contributed by atoms with E-state index < -0.39 is 0 Å². The van der Waals surface area contributed by atoms with Gasteiger partial charge in [0.2, 0.25) is 0 Å². The van der Waals surface area contributed by atoms with Gasteiger partial charge in [-0.3, -0.25) is 4.90 Å². The lowest BCUT2D eigenvalue weighted by Gasteiger charge is -2.41. The molecule has 1 aliphatic carbocycles. The zero-order valence-corrected chi connectivity index (χ0v) is 12.5. The van der Waals surface area contributed by atoms with Gasteiger partial charge >= 0.3 is 0 Å². The van der Waals surface area contributed by atoms with E-state index in [1.165, 1.54) is 19.4 Å². The molecule has 3 heteroatoms. The summed E-state index contributed by atoms with van der Waals surface area (Å²) < 4.78 is 5.66. The third-order valence-corrected chi connectivity index (χ3v) is 4.57. The first-order valence-corrected chi connectivity index (χ1v) is 7.98. The molecule has 0 amide bonds. The molecule has 1 heterocycles. The Bertz CT molecular complexity index is 435. The highest BCUT2D eigenvalue weighted by Gasteiger charge is 2.31. The Morgan fingerprint density at radius 2 is 2.25 bits per heavy atom. The molecule has 1 aromatic carbocycles. The van der Waals surface area contributed by atoms with E-state index in [9.17, 15) is 0 Å². The highest BCUT2D eigenvalue weighted by atomic mass is 16.5. The fraction of sp³-hybridized carbons (Fsp3) is 0.647. The first kappa shape index (κ1) is 14.1. The van der Waals surface area contributed by atoms with E-state index in [1.807, 2.05) is 0 Å². The molecule has 1 aliphatic heterocycles. The van der Waals surface area contributed by atoms with Crippen molar-refractivity contribution in [1.82, 2.24) is 10.2 Å².